The Morgan fingerprint density at radius 3 is 0.884 bits per heavy atom. The first-order valence-electron chi connectivity index (χ1n) is 30.1. The molecule has 0 aromatic heterocycles. The Morgan fingerprint density at radius 1 is 0.304 bits per heavy atom. The van der Waals surface area contributed by atoms with Crippen LogP contribution in [0.1, 0.15) is 316 Å². The molecule has 1 unspecified atom stereocenters. The lowest BCUT2D eigenvalue weighted by Crippen LogP contribution is -2.30. The maximum absolute atomic E-state index is 12.9. The van der Waals surface area contributed by atoms with Crippen molar-refractivity contribution in [2.24, 2.45) is 0 Å². The molecule has 0 saturated carbocycles. The Hall–Kier alpha value is -2.63. The van der Waals surface area contributed by atoms with Crippen molar-refractivity contribution in [3.63, 3.8) is 0 Å². The van der Waals surface area contributed by atoms with Gasteiger partial charge in [-0.25, -0.2) is 0 Å². The summed E-state index contributed by atoms with van der Waals surface area (Å²) in [6, 6.07) is 0. The van der Waals surface area contributed by atoms with Gasteiger partial charge in [-0.1, -0.05) is 288 Å². The molecule has 0 rings (SSSR count). The van der Waals surface area contributed by atoms with Gasteiger partial charge in [-0.3, -0.25) is 14.4 Å². The number of unbranched alkanes of at least 4 members (excludes halogenated alkanes) is 36. The number of ether oxygens (including phenoxy) is 3. The molecule has 69 heavy (non-hydrogen) atoms. The average Bonchev–Trinajstić information content (AvgIpc) is 3.35. The van der Waals surface area contributed by atoms with Gasteiger partial charge in [0.15, 0.2) is 6.10 Å². The van der Waals surface area contributed by atoms with E-state index in [0.717, 1.165) is 89.9 Å². The number of allylic oxidation sites excluding steroid dienone is 8. The maximum atomic E-state index is 12.9. The maximum Gasteiger partial charge on any atom is 0.306 e. The van der Waals surface area contributed by atoms with E-state index in [9.17, 15) is 14.4 Å². The second-order valence-electron chi connectivity index (χ2n) is 20.2. The van der Waals surface area contributed by atoms with Gasteiger partial charge in [0, 0.05) is 19.3 Å². The lowest BCUT2D eigenvalue weighted by molar-refractivity contribution is -0.167. The fraction of sp³-hybridized carbons (Fsp3) is 0.825. The summed E-state index contributed by atoms with van der Waals surface area (Å²) in [5, 5.41) is 0. The van der Waals surface area contributed by atoms with E-state index < -0.39 is 6.10 Å². The number of hydrogen-bond acceptors (Lipinski definition) is 6. The van der Waals surface area contributed by atoms with E-state index in [4.69, 9.17) is 14.2 Å². The van der Waals surface area contributed by atoms with Crippen LogP contribution in [0.4, 0.5) is 0 Å². The molecule has 0 aliphatic rings. The van der Waals surface area contributed by atoms with Crippen molar-refractivity contribution in [2.45, 2.75) is 322 Å². The molecule has 0 aromatic carbocycles. The van der Waals surface area contributed by atoms with E-state index in [-0.39, 0.29) is 31.1 Å². The Bertz CT molecular complexity index is 1200. The van der Waals surface area contributed by atoms with Gasteiger partial charge in [0.2, 0.25) is 0 Å². The largest absolute Gasteiger partial charge is 0.462 e. The fourth-order valence-electron chi connectivity index (χ4n) is 8.85. The van der Waals surface area contributed by atoms with E-state index in [1.165, 1.54) is 186 Å². The van der Waals surface area contributed by atoms with Crippen molar-refractivity contribution in [1.29, 1.82) is 0 Å². The Kier molecular flexibility index (Phi) is 55.7. The number of rotatable bonds is 55. The van der Waals surface area contributed by atoms with Crippen LogP contribution in [0, 0.1) is 0 Å². The molecule has 0 heterocycles. The highest BCUT2D eigenvalue weighted by Gasteiger charge is 2.19. The molecule has 0 fully saturated rings. The minimum absolute atomic E-state index is 0.0815. The third kappa shape index (κ3) is 56.2. The molecule has 0 bridgehead atoms. The van der Waals surface area contributed by atoms with Crippen LogP contribution >= 0.6 is 0 Å². The Labute approximate surface area is 428 Å². The molecule has 0 amide bonds. The highest BCUT2D eigenvalue weighted by Crippen LogP contribution is 2.17. The molecule has 0 spiro atoms. The second-order valence-corrected chi connectivity index (χ2v) is 20.2. The zero-order valence-corrected chi connectivity index (χ0v) is 46.1. The zero-order chi connectivity index (χ0) is 50.0. The average molecular weight is 968 g/mol. The number of hydrogen-bond donors (Lipinski definition) is 0. The predicted octanol–water partition coefficient (Wildman–Crippen LogP) is 20.2. The number of carbonyl (C=O) groups excluding carboxylic acids is 3. The minimum atomic E-state index is -0.786. The van der Waals surface area contributed by atoms with Crippen LogP contribution in [-0.2, 0) is 28.6 Å². The van der Waals surface area contributed by atoms with Gasteiger partial charge in [0.25, 0.3) is 0 Å². The van der Waals surface area contributed by atoms with Crippen molar-refractivity contribution in [3.8, 4) is 0 Å². The van der Waals surface area contributed by atoms with E-state index in [0.29, 0.717) is 19.3 Å². The first kappa shape index (κ1) is 66.4. The van der Waals surface area contributed by atoms with Crippen LogP contribution in [0.2, 0.25) is 0 Å². The predicted molar refractivity (Wildman–Crippen MR) is 298 cm³/mol. The van der Waals surface area contributed by atoms with Gasteiger partial charge in [-0.2, -0.15) is 0 Å². The van der Waals surface area contributed by atoms with Crippen LogP contribution in [0.3, 0.4) is 0 Å². The molecule has 0 N–H and O–H groups in total. The summed E-state index contributed by atoms with van der Waals surface area (Å²) >= 11 is 0. The van der Waals surface area contributed by atoms with E-state index in [1.54, 1.807) is 0 Å². The van der Waals surface area contributed by atoms with Crippen LogP contribution in [0.25, 0.3) is 0 Å². The molecule has 402 valence electrons. The summed E-state index contributed by atoms with van der Waals surface area (Å²) in [4.78, 5) is 38.2. The number of carbonyl (C=O) groups is 3. The smallest absolute Gasteiger partial charge is 0.306 e. The van der Waals surface area contributed by atoms with Crippen molar-refractivity contribution in [3.05, 3.63) is 48.6 Å². The normalized spacial score (nSPS) is 12.3. The van der Waals surface area contributed by atoms with Gasteiger partial charge in [-0.05, 0) is 57.8 Å². The van der Waals surface area contributed by atoms with Gasteiger partial charge in [0.1, 0.15) is 13.2 Å². The van der Waals surface area contributed by atoms with Crippen LogP contribution in [-0.4, -0.2) is 37.2 Å². The molecule has 0 aliphatic heterocycles. The minimum Gasteiger partial charge on any atom is -0.462 e. The molecule has 1 atom stereocenters. The van der Waals surface area contributed by atoms with Crippen molar-refractivity contribution < 1.29 is 28.6 Å². The summed E-state index contributed by atoms with van der Waals surface area (Å²) in [7, 11) is 0. The zero-order valence-electron chi connectivity index (χ0n) is 46.1. The van der Waals surface area contributed by atoms with Crippen LogP contribution in [0.15, 0.2) is 48.6 Å². The monoisotopic (exact) mass is 967 g/mol. The third-order valence-corrected chi connectivity index (χ3v) is 13.3. The molecule has 0 aliphatic carbocycles. The molecule has 6 nitrogen and oxygen atoms in total. The summed E-state index contributed by atoms with van der Waals surface area (Å²) in [5.41, 5.74) is 0. The summed E-state index contributed by atoms with van der Waals surface area (Å²) in [5.74, 6) is -0.893. The van der Waals surface area contributed by atoms with E-state index in [1.807, 2.05) is 0 Å². The molecule has 0 saturated heterocycles. The standard InChI is InChI=1S/C63H114O6/c1-4-7-10-13-16-19-22-25-28-31-32-33-36-38-41-44-47-50-53-56-62(65)68-59-60(69-63(66)57-54-51-48-45-42-39-35-30-27-24-21-18-15-12-9-6-3)58-67-61(64)55-52-49-46-43-40-37-34-29-26-23-20-17-14-11-8-5-2/h9,12,18,21,27,30,39,42,60H,4-8,10-11,13-17,19-20,22-26,28-29,31-38,40-41,43-59H2,1-3H3/b12-9-,21-18-,30-27-,42-39-. The van der Waals surface area contributed by atoms with Crippen molar-refractivity contribution in [2.75, 3.05) is 13.2 Å². The highest BCUT2D eigenvalue weighted by atomic mass is 16.6. The lowest BCUT2D eigenvalue weighted by Gasteiger charge is -2.18. The van der Waals surface area contributed by atoms with Crippen molar-refractivity contribution >= 4 is 17.9 Å². The lowest BCUT2D eigenvalue weighted by atomic mass is 10.0. The topological polar surface area (TPSA) is 78.9 Å². The summed E-state index contributed by atoms with van der Waals surface area (Å²) in [6.45, 7) is 6.55. The van der Waals surface area contributed by atoms with E-state index in [2.05, 4.69) is 69.4 Å². The molecular weight excluding hydrogens is 853 g/mol. The molecule has 0 aromatic rings. The Balaban J connectivity index is 4.36. The van der Waals surface area contributed by atoms with Gasteiger partial charge >= 0.3 is 17.9 Å². The van der Waals surface area contributed by atoms with Crippen molar-refractivity contribution in [1.82, 2.24) is 0 Å². The van der Waals surface area contributed by atoms with Gasteiger partial charge in [-0.15, -0.1) is 0 Å². The molecular formula is C63H114O6. The first-order valence-corrected chi connectivity index (χ1v) is 30.1. The summed E-state index contributed by atoms with van der Waals surface area (Å²) in [6.07, 6.45) is 71.1. The van der Waals surface area contributed by atoms with E-state index >= 15 is 0 Å². The van der Waals surface area contributed by atoms with Crippen LogP contribution < -0.4 is 0 Å². The third-order valence-electron chi connectivity index (χ3n) is 13.3. The second kappa shape index (κ2) is 57.9. The van der Waals surface area contributed by atoms with Gasteiger partial charge < -0.3 is 14.2 Å². The molecule has 0 radical (unpaired) electrons. The first-order chi connectivity index (χ1) is 34.0. The number of esters is 3. The van der Waals surface area contributed by atoms with Crippen LogP contribution in [0.5, 0.6) is 0 Å². The fourth-order valence-corrected chi connectivity index (χ4v) is 8.85. The summed E-state index contributed by atoms with van der Waals surface area (Å²) < 4.78 is 16.9. The quantitative estimate of drug-likeness (QED) is 0.0262. The Morgan fingerprint density at radius 2 is 0.565 bits per heavy atom. The molecule has 6 heteroatoms. The van der Waals surface area contributed by atoms with Gasteiger partial charge in [0.05, 0.1) is 0 Å². The highest BCUT2D eigenvalue weighted by molar-refractivity contribution is 5.71. The SMILES string of the molecule is CC/C=C\C/C=C\C/C=C\C/C=C\CCCCCC(=O)OC(COC(=O)CCCCCCCCCCCCCCCCCC)COC(=O)CCCCCCCCCCCCCCCCCCCCC.